The molecule has 0 aromatic heterocycles. The maximum Gasteiger partial charge on any atom is 0.128 e. The van der Waals surface area contributed by atoms with Gasteiger partial charge < -0.3 is 10.1 Å². The Balaban J connectivity index is 2.03. The number of benzene rings is 2. The Bertz CT molecular complexity index is 646. The van der Waals surface area contributed by atoms with Gasteiger partial charge in [0.05, 0.1) is 6.61 Å². The van der Waals surface area contributed by atoms with Crippen LogP contribution in [0.2, 0.25) is 0 Å². The molecule has 0 amide bonds. The van der Waals surface area contributed by atoms with Gasteiger partial charge in [-0.3, -0.25) is 0 Å². The molecule has 0 bridgehead atoms. The fourth-order valence-corrected chi connectivity index (χ4v) is 3.42. The van der Waals surface area contributed by atoms with Crippen LogP contribution in [0.4, 0.5) is 4.39 Å². The van der Waals surface area contributed by atoms with Crippen molar-refractivity contribution >= 4 is 15.9 Å². The monoisotopic (exact) mass is 349 g/mol. The minimum absolute atomic E-state index is 0.0763. The molecule has 2 aromatic rings. The minimum Gasteiger partial charge on any atom is -0.493 e. The van der Waals surface area contributed by atoms with E-state index in [9.17, 15) is 4.39 Å². The molecule has 0 radical (unpaired) electrons. The summed E-state index contributed by atoms with van der Waals surface area (Å²) in [6.45, 7) is 0.662. The van der Waals surface area contributed by atoms with E-state index in [2.05, 4.69) is 27.3 Å². The average Bonchev–Trinajstić information content (AvgIpc) is 2.51. The molecule has 3 rings (SSSR count). The van der Waals surface area contributed by atoms with Gasteiger partial charge >= 0.3 is 0 Å². The van der Waals surface area contributed by atoms with E-state index < -0.39 is 0 Å². The van der Waals surface area contributed by atoms with Gasteiger partial charge in [-0.1, -0.05) is 34.1 Å². The molecule has 1 aliphatic rings. The number of likely N-dealkylation sites (N-methyl/N-ethyl adjacent to an activating group) is 1. The van der Waals surface area contributed by atoms with Gasteiger partial charge in [-0.05, 0) is 43.3 Å². The van der Waals surface area contributed by atoms with Crippen molar-refractivity contribution in [3.8, 4) is 5.75 Å². The molecule has 2 nitrogen and oxygen atoms in total. The summed E-state index contributed by atoms with van der Waals surface area (Å²) in [6.07, 6.45) is 0.870. The lowest BCUT2D eigenvalue weighted by molar-refractivity contribution is 0.247. The Hall–Kier alpha value is -1.39. The predicted octanol–water partition coefficient (Wildman–Crippen LogP) is 4.42. The van der Waals surface area contributed by atoms with Gasteiger partial charge in [0.25, 0.3) is 0 Å². The van der Waals surface area contributed by atoms with Gasteiger partial charge in [-0.15, -0.1) is 0 Å². The molecule has 21 heavy (non-hydrogen) atoms. The van der Waals surface area contributed by atoms with Gasteiger partial charge in [0.15, 0.2) is 0 Å². The van der Waals surface area contributed by atoms with Crippen molar-refractivity contribution in [3.63, 3.8) is 0 Å². The SMILES string of the molecule is CNC(c1cc(Br)ccc1F)C1CCOc2ccccc21. The number of nitrogens with one attached hydrogen (secondary N) is 1. The lowest BCUT2D eigenvalue weighted by Gasteiger charge is -2.32. The summed E-state index contributed by atoms with van der Waals surface area (Å²) in [5.41, 5.74) is 1.83. The number of fused-ring (bicyclic) bond motifs is 1. The molecule has 1 aliphatic heterocycles. The van der Waals surface area contributed by atoms with Crippen LogP contribution in [0.15, 0.2) is 46.9 Å². The Morgan fingerprint density at radius 3 is 2.90 bits per heavy atom. The van der Waals surface area contributed by atoms with Gasteiger partial charge in [0.1, 0.15) is 11.6 Å². The van der Waals surface area contributed by atoms with E-state index in [0.29, 0.717) is 12.2 Å². The highest BCUT2D eigenvalue weighted by atomic mass is 79.9. The summed E-state index contributed by atoms with van der Waals surface area (Å²) in [6, 6.07) is 13.0. The zero-order valence-corrected chi connectivity index (χ0v) is 13.4. The summed E-state index contributed by atoms with van der Waals surface area (Å²) in [4.78, 5) is 0. The largest absolute Gasteiger partial charge is 0.493 e. The highest BCUT2D eigenvalue weighted by Gasteiger charge is 2.30. The van der Waals surface area contributed by atoms with Gasteiger partial charge in [0.2, 0.25) is 0 Å². The molecule has 0 spiro atoms. The van der Waals surface area contributed by atoms with Crippen LogP contribution in [0, 0.1) is 5.82 Å². The molecule has 0 saturated heterocycles. The smallest absolute Gasteiger partial charge is 0.128 e. The second-order valence-electron chi connectivity index (χ2n) is 5.21. The molecular formula is C17H17BrFNO. The van der Waals surface area contributed by atoms with Crippen molar-refractivity contribution in [2.45, 2.75) is 18.4 Å². The fraction of sp³-hybridized carbons (Fsp3) is 0.294. The van der Waals surface area contributed by atoms with Crippen molar-refractivity contribution in [3.05, 3.63) is 63.9 Å². The molecule has 2 aromatic carbocycles. The first-order chi connectivity index (χ1) is 10.2. The number of para-hydroxylation sites is 1. The molecule has 4 heteroatoms. The Labute approximate surface area is 132 Å². The van der Waals surface area contributed by atoms with Gasteiger partial charge in [-0.2, -0.15) is 0 Å². The van der Waals surface area contributed by atoms with Crippen LogP contribution in [-0.2, 0) is 0 Å². The van der Waals surface area contributed by atoms with Crippen LogP contribution in [0.3, 0.4) is 0 Å². The summed E-state index contributed by atoms with van der Waals surface area (Å²) < 4.78 is 20.8. The maximum absolute atomic E-state index is 14.2. The molecule has 1 N–H and O–H groups in total. The Morgan fingerprint density at radius 2 is 2.10 bits per heavy atom. The third kappa shape index (κ3) is 2.83. The van der Waals surface area contributed by atoms with Crippen LogP contribution in [-0.4, -0.2) is 13.7 Å². The van der Waals surface area contributed by atoms with E-state index >= 15 is 0 Å². The first-order valence-corrected chi connectivity index (χ1v) is 7.84. The molecule has 0 saturated carbocycles. The lowest BCUT2D eigenvalue weighted by atomic mass is 9.83. The van der Waals surface area contributed by atoms with Gasteiger partial charge in [0, 0.05) is 22.0 Å². The second-order valence-corrected chi connectivity index (χ2v) is 6.13. The van der Waals surface area contributed by atoms with E-state index in [1.54, 1.807) is 6.07 Å². The van der Waals surface area contributed by atoms with Crippen LogP contribution < -0.4 is 10.1 Å². The summed E-state index contributed by atoms with van der Waals surface area (Å²) in [5.74, 6) is 0.926. The molecule has 0 aliphatic carbocycles. The Morgan fingerprint density at radius 1 is 1.29 bits per heavy atom. The normalized spacial score (nSPS) is 18.7. The topological polar surface area (TPSA) is 21.3 Å². The number of rotatable bonds is 3. The van der Waals surface area contributed by atoms with E-state index in [1.807, 2.05) is 31.3 Å². The zero-order chi connectivity index (χ0) is 14.8. The van der Waals surface area contributed by atoms with E-state index in [1.165, 1.54) is 6.07 Å². The fourth-order valence-electron chi connectivity index (χ4n) is 3.04. The molecule has 1 heterocycles. The summed E-state index contributed by atoms with van der Waals surface area (Å²) >= 11 is 3.43. The average molecular weight is 350 g/mol. The number of hydrogen-bond acceptors (Lipinski definition) is 2. The van der Waals surface area contributed by atoms with Crippen molar-refractivity contribution in [2.75, 3.05) is 13.7 Å². The lowest BCUT2D eigenvalue weighted by Crippen LogP contribution is -2.28. The quantitative estimate of drug-likeness (QED) is 0.885. The second kappa shape index (κ2) is 6.16. The van der Waals surface area contributed by atoms with Gasteiger partial charge in [-0.25, -0.2) is 4.39 Å². The number of halogens is 2. The molecule has 0 fully saturated rings. The maximum atomic E-state index is 14.2. The van der Waals surface area contributed by atoms with Crippen LogP contribution in [0.5, 0.6) is 5.75 Å². The molecule has 2 atom stereocenters. The minimum atomic E-state index is -0.179. The summed E-state index contributed by atoms with van der Waals surface area (Å²) in [5, 5.41) is 3.28. The molecular weight excluding hydrogens is 333 g/mol. The Kier molecular flexibility index (Phi) is 4.27. The third-order valence-electron chi connectivity index (χ3n) is 4.01. The summed E-state index contributed by atoms with van der Waals surface area (Å²) in [7, 11) is 1.88. The molecule has 110 valence electrons. The van der Waals surface area contributed by atoms with E-state index in [-0.39, 0.29) is 17.8 Å². The standard InChI is InChI=1S/C17H17BrFNO/c1-20-17(14-10-11(18)6-7-15(14)19)13-8-9-21-16-5-3-2-4-12(13)16/h2-7,10,13,17,20H,8-9H2,1H3. The van der Waals surface area contributed by atoms with Crippen LogP contribution >= 0.6 is 15.9 Å². The third-order valence-corrected chi connectivity index (χ3v) is 4.50. The number of hydrogen-bond donors (Lipinski definition) is 1. The van der Waals surface area contributed by atoms with E-state index in [4.69, 9.17) is 4.74 Å². The zero-order valence-electron chi connectivity index (χ0n) is 11.8. The van der Waals surface area contributed by atoms with E-state index in [0.717, 1.165) is 22.2 Å². The van der Waals surface area contributed by atoms with Crippen LogP contribution in [0.25, 0.3) is 0 Å². The highest BCUT2D eigenvalue weighted by Crippen LogP contribution is 2.42. The molecule has 2 unspecified atom stereocenters. The number of ether oxygens (including phenoxy) is 1. The van der Waals surface area contributed by atoms with Crippen molar-refractivity contribution in [2.24, 2.45) is 0 Å². The van der Waals surface area contributed by atoms with Crippen molar-refractivity contribution < 1.29 is 9.13 Å². The predicted molar refractivity (Wildman–Crippen MR) is 85.2 cm³/mol. The highest BCUT2D eigenvalue weighted by molar-refractivity contribution is 9.10. The van der Waals surface area contributed by atoms with Crippen LogP contribution in [0.1, 0.15) is 29.5 Å². The van der Waals surface area contributed by atoms with Crippen molar-refractivity contribution in [1.29, 1.82) is 0 Å². The first-order valence-electron chi connectivity index (χ1n) is 7.04. The van der Waals surface area contributed by atoms with Crippen molar-refractivity contribution in [1.82, 2.24) is 5.32 Å². The first kappa shape index (κ1) is 14.5.